The first-order valence-corrected chi connectivity index (χ1v) is 9.91. The fourth-order valence-corrected chi connectivity index (χ4v) is 3.40. The van der Waals surface area contributed by atoms with E-state index in [4.69, 9.17) is 0 Å². The molecule has 1 aliphatic rings. The number of benzene rings is 2. The maximum atomic E-state index is 13.2. The lowest BCUT2D eigenvalue weighted by molar-refractivity contribution is -0.137. The number of ketones is 1. The first-order chi connectivity index (χ1) is 13.3. The van der Waals surface area contributed by atoms with Gasteiger partial charge in [-0.15, -0.1) is 0 Å². The Morgan fingerprint density at radius 2 is 1.82 bits per heavy atom. The van der Waals surface area contributed by atoms with E-state index in [1.54, 1.807) is 35.2 Å². The van der Waals surface area contributed by atoms with Gasteiger partial charge in [0.25, 0.3) is 0 Å². The summed E-state index contributed by atoms with van der Waals surface area (Å²) in [5, 5.41) is 0. The van der Waals surface area contributed by atoms with Crippen LogP contribution in [0.4, 0.5) is 18.9 Å². The van der Waals surface area contributed by atoms with E-state index in [1.165, 1.54) is 6.07 Å². The molecule has 0 spiro atoms. The summed E-state index contributed by atoms with van der Waals surface area (Å²) in [4.78, 5) is 19.0. The highest BCUT2D eigenvalue weighted by Gasteiger charge is 2.31. The Kier molecular flexibility index (Phi) is 6.54. The molecule has 1 aliphatic heterocycles. The molecule has 0 radical (unpaired) electrons. The molecular weight excluding hydrogens is 433 g/mol. The minimum atomic E-state index is -4.44. The molecule has 1 heterocycles. The molecule has 148 valence electrons. The number of aliphatic imine (C=N–C) groups is 1. The molecule has 2 aromatic rings. The Morgan fingerprint density at radius 3 is 2.54 bits per heavy atom. The number of carbonyl (C=O) groups is 1. The SMILES string of the molecule is O=C(CN(C1=NCCCCC1)c1cccc(C(F)(F)F)c1)c1ccc(Br)cc1. The highest BCUT2D eigenvalue weighted by molar-refractivity contribution is 9.10. The van der Waals surface area contributed by atoms with Crippen LogP contribution in [0.1, 0.15) is 41.6 Å². The van der Waals surface area contributed by atoms with Crippen molar-refractivity contribution < 1.29 is 18.0 Å². The molecular formula is C21H20BrF3N2O. The Balaban J connectivity index is 1.94. The largest absolute Gasteiger partial charge is 0.416 e. The van der Waals surface area contributed by atoms with Crippen LogP contribution in [-0.4, -0.2) is 24.7 Å². The topological polar surface area (TPSA) is 32.7 Å². The number of halogens is 4. The van der Waals surface area contributed by atoms with Crippen molar-refractivity contribution in [3.8, 4) is 0 Å². The van der Waals surface area contributed by atoms with Gasteiger partial charge in [-0.1, -0.05) is 40.5 Å². The molecule has 0 unspecified atom stereocenters. The molecule has 0 saturated heterocycles. The predicted octanol–water partition coefficient (Wildman–Crippen LogP) is 6.13. The molecule has 3 nitrogen and oxygen atoms in total. The standard InChI is InChI=1S/C21H20BrF3N2O/c22-17-10-8-15(9-11-17)19(28)14-27(20-7-2-1-3-12-26-20)18-6-4-5-16(13-18)21(23,24)25/h4-6,8-11,13H,1-3,7,12,14H2. The molecule has 0 aromatic heterocycles. The summed E-state index contributed by atoms with van der Waals surface area (Å²) in [6, 6.07) is 12.0. The van der Waals surface area contributed by atoms with Gasteiger partial charge in [0.15, 0.2) is 5.78 Å². The lowest BCUT2D eigenvalue weighted by atomic mass is 10.1. The Bertz CT molecular complexity index is 863. The first-order valence-electron chi connectivity index (χ1n) is 9.11. The number of anilines is 1. The molecule has 0 bridgehead atoms. The van der Waals surface area contributed by atoms with E-state index in [0.717, 1.165) is 35.9 Å². The van der Waals surface area contributed by atoms with Crippen LogP contribution in [-0.2, 0) is 6.18 Å². The fourth-order valence-electron chi connectivity index (χ4n) is 3.13. The van der Waals surface area contributed by atoms with Gasteiger partial charge >= 0.3 is 6.18 Å². The van der Waals surface area contributed by atoms with Crippen molar-refractivity contribution >= 4 is 33.2 Å². The number of hydrogen-bond donors (Lipinski definition) is 0. The second kappa shape index (κ2) is 8.90. The maximum absolute atomic E-state index is 13.2. The third-order valence-electron chi connectivity index (χ3n) is 4.62. The first kappa shape index (κ1) is 20.6. The van der Waals surface area contributed by atoms with Gasteiger partial charge in [-0.3, -0.25) is 9.79 Å². The van der Waals surface area contributed by atoms with Gasteiger partial charge in [-0.25, -0.2) is 0 Å². The zero-order valence-electron chi connectivity index (χ0n) is 15.2. The van der Waals surface area contributed by atoms with E-state index < -0.39 is 11.7 Å². The minimum Gasteiger partial charge on any atom is -0.322 e. The smallest absolute Gasteiger partial charge is 0.322 e. The van der Waals surface area contributed by atoms with Gasteiger partial charge in [0.2, 0.25) is 0 Å². The highest BCUT2D eigenvalue weighted by atomic mass is 79.9. The van der Waals surface area contributed by atoms with Crippen molar-refractivity contribution in [1.82, 2.24) is 0 Å². The van der Waals surface area contributed by atoms with Gasteiger partial charge in [0, 0.05) is 28.7 Å². The van der Waals surface area contributed by atoms with E-state index >= 15 is 0 Å². The third kappa shape index (κ3) is 5.22. The molecule has 0 N–H and O–H groups in total. The van der Waals surface area contributed by atoms with E-state index in [0.29, 0.717) is 30.1 Å². The van der Waals surface area contributed by atoms with E-state index in [9.17, 15) is 18.0 Å². The van der Waals surface area contributed by atoms with Gasteiger partial charge in [0.1, 0.15) is 5.84 Å². The predicted molar refractivity (Wildman–Crippen MR) is 108 cm³/mol. The maximum Gasteiger partial charge on any atom is 0.416 e. The second-order valence-corrected chi connectivity index (χ2v) is 7.59. The molecule has 28 heavy (non-hydrogen) atoms. The zero-order valence-corrected chi connectivity index (χ0v) is 16.8. The molecule has 0 aliphatic carbocycles. The summed E-state index contributed by atoms with van der Waals surface area (Å²) in [6.07, 6.45) is -0.933. The van der Waals surface area contributed by atoms with Crippen LogP contribution in [0.25, 0.3) is 0 Å². The van der Waals surface area contributed by atoms with Crippen LogP contribution in [0.15, 0.2) is 58.0 Å². The average molecular weight is 453 g/mol. The van der Waals surface area contributed by atoms with Crippen LogP contribution in [0, 0.1) is 0 Å². The fraction of sp³-hybridized carbons (Fsp3) is 0.333. The van der Waals surface area contributed by atoms with Gasteiger partial charge in [-0.05, 0) is 43.2 Å². The number of carbonyl (C=O) groups excluding carboxylic acids is 1. The Hall–Kier alpha value is -2.15. The van der Waals surface area contributed by atoms with Crippen LogP contribution in [0.5, 0.6) is 0 Å². The van der Waals surface area contributed by atoms with E-state index in [1.807, 2.05) is 0 Å². The monoisotopic (exact) mass is 452 g/mol. The molecule has 3 rings (SSSR count). The molecule has 7 heteroatoms. The van der Waals surface area contributed by atoms with Crippen LogP contribution < -0.4 is 4.90 Å². The average Bonchev–Trinajstić information content (AvgIpc) is 2.95. The Morgan fingerprint density at radius 1 is 1.07 bits per heavy atom. The van der Waals surface area contributed by atoms with Crippen molar-refractivity contribution in [3.63, 3.8) is 0 Å². The molecule has 0 saturated carbocycles. The van der Waals surface area contributed by atoms with Crippen molar-refractivity contribution in [2.75, 3.05) is 18.0 Å². The Labute approximate surface area is 170 Å². The van der Waals surface area contributed by atoms with Gasteiger partial charge in [-0.2, -0.15) is 13.2 Å². The summed E-state index contributed by atoms with van der Waals surface area (Å²) in [5.74, 6) is 0.499. The molecule has 0 fully saturated rings. The number of alkyl halides is 3. The lowest BCUT2D eigenvalue weighted by Gasteiger charge is -2.26. The van der Waals surface area contributed by atoms with Crippen molar-refractivity contribution in [2.45, 2.75) is 31.9 Å². The lowest BCUT2D eigenvalue weighted by Crippen LogP contribution is -2.36. The molecule has 0 atom stereocenters. The number of rotatable bonds is 4. The van der Waals surface area contributed by atoms with Crippen molar-refractivity contribution in [2.24, 2.45) is 4.99 Å². The number of nitrogens with zero attached hydrogens (tertiary/aromatic N) is 2. The molecule has 0 amide bonds. The second-order valence-electron chi connectivity index (χ2n) is 6.67. The zero-order chi connectivity index (χ0) is 20.1. The number of Topliss-reactive ketones (excluding diaryl/α,β-unsaturated/α-hetero) is 1. The summed E-state index contributed by atoms with van der Waals surface area (Å²) < 4.78 is 40.4. The number of amidine groups is 1. The van der Waals surface area contributed by atoms with E-state index in [2.05, 4.69) is 20.9 Å². The van der Waals surface area contributed by atoms with Crippen LogP contribution in [0.3, 0.4) is 0 Å². The minimum absolute atomic E-state index is 0.0538. The summed E-state index contributed by atoms with van der Waals surface area (Å²) >= 11 is 3.33. The third-order valence-corrected chi connectivity index (χ3v) is 5.15. The normalized spacial score (nSPS) is 14.9. The molecule has 2 aromatic carbocycles. The van der Waals surface area contributed by atoms with Crippen molar-refractivity contribution in [3.05, 3.63) is 64.1 Å². The highest BCUT2D eigenvalue weighted by Crippen LogP contribution is 2.32. The van der Waals surface area contributed by atoms with Crippen molar-refractivity contribution in [1.29, 1.82) is 0 Å². The van der Waals surface area contributed by atoms with Gasteiger partial charge in [0.05, 0.1) is 12.1 Å². The number of hydrogen-bond acceptors (Lipinski definition) is 3. The van der Waals surface area contributed by atoms with Crippen LogP contribution in [0.2, 0.25) is 0 Å². The quantitative estimate of drug-likeness (QED) is 0.522. The van der Waals surface area contributed by atoms with Crippen LogP contribution >= 0.6 is 15.9 Å². The summed E-state index contributed by atoms with van der Waals surface area (Å²) in [7, 11) is 0. The summed E-state index contributed by atoms with van der Waals surface area (Å²) in [5.41, 5.74) is 0.107. The summed E-state index contributed by atoms with van der Waals surface area (Å²) in [6.45, 7) is 0.568. The van der Waals surface area contributed by atoms with E-state index in [-0.39, 0.29) is 12.3 Å². The van der Waals surface area contributed by atoms with Gasteiger partial charge < -0.3 is 4.90 Å².